The highest BCUT2D eigenvalue weighted by atomic mass is 79.9. The summed E-state index contributed by atoms with van der Waals surface area (Å²) < 4.78 is 0.720. The first kappa shape index (κ1) is 15.7. The van der Waals surface area contributed by atoms with Gasteiger partial charge in [0.05, 0.1) is 4.92 Å². The topological polar surface area (TPSA) is 55.2 Å². The van der Waals surface area contributed by atoms with E-state index in [2.05, 4.69) is 21.2 Å². The highest BCUT2D eigenvalue weighted by Crippen LogP contribution is 2.28. The minimum Gasteiger partial charge on any atom is -0.310 e. The Morgan fingerprint density at radius 3 is 2.57 bits per heavy atom. The fourth-order valence-corrected chi connectivity index (χ4v) is 2.69. The lowest BCUT2D eigenvalue weighted by Gasteiger charge is -2.18. The van der Waals surface area contributed by atoms with Crippen LogP contribution in [0, 0.1) is 10.1 Å². The van der Waals surface area contributed by atoms with Crippen LogP contribution in [0.2, 0.25) is 0 Å². The van der Waals surface area contributed by atoms with Crippen LogP contribution < -0.4 is 5.32 Å². The summed E-state index contributed by atoms with van der Waals surface area (Å²) in [6.07, 6.45) is 0.585. The summed E-state index contributed by atoms with van der Waals surface area (Å²) in [5.74, 6) is 0. The molecule has 0 fully saturated rings. The maximum atomic E-state index is 11.2. The van der Waals surface area contributed by atoms with Gasteiger partial charge in [0.2, 0.25) is 0 Å². The van der Waals surface area contributed by atoms with E-state index in [0.29, 0.717) is 6.42 Å². The van der Waals surface area contributed by atoms with E-state index >= 15 is 0 Å². The van der Waals surface area contributed by atoms with E-state index in [1.807, 2.05) is 49.4 Å². The second kappa shape index (κ2) is 7.33. The fourth-order valence-electron chi connectivity index (χ4n) is 2.34. The molecule has 1 N–H and O–H groups in total. The lowest BCUT2D eigenvalue weighted by atomic mass is 9.98. The number of nitro groups is 1. The highest BCUT2D eigenvalue weighted by Gasteiger charge is 2.19. The SMILES string of the molecule is CCNC(Cc1ccc(Br)cc1[N+](=O)[O-])c1ccccc1. The Balaban J connectivity index is 2.31. The van der Waals surface area contributed by atoms with Gasteiger partial charge in [-0.15, -0.1) is 0 Å². The van der Waals surface area contributed by atoms with Gasteiger partial charge in [0.1, 0.15) is 0 Å². The van der Waals surface area contributed by atoms with Gasteiger partial charge >= 0.3 is 0 Å². The second-order valence-corrected chi connectivity index (χ2v) is 5.67. The number of nitrogens with one attached hydrogen (secondary N) is 1. The monoisotopic (exact) mass is 348 g/mol. The summed E-state index contributed by atoms with van der Waals surface area (Å²) in [5.41, 5.74) is 2.03. The highest BCUT2D eigenvalue weighted by molar-refractivity contribution is 9.10. The van der Waals surface area contributed by atoms with E-state index in [1.54, 1.807) is 6.07 Å². The molecular weight excluding hydrogens is 332 g/mol. The molecule has 0 aromatic heterocycles. The zero-order valence-corrected chi connectivity index (χ0v) is 13.3. The molecule has 5 heteroatoms. The average molecular weight is 349 g/mol. The van der Waals surface area contributed by atoms with Crippen LogP contribution in [0.25, 0.3) is 0 Å². The van der Waals surface area contributed by atoms with Gasteiger partial charge in [-0.25, -0.2) is 0 Å². The number of hydrogen-bond donors (Lipinski definition) is 1. The van der Waals surface area contributed by atoms with Gasteiger partial charge in [-0.3, -0.25) is 10.1 Å². The van der Waals surface area contributed by atoms with Gasteiger partial charge in [0.25, 0.3) is 5.69 Å². The van der Waals surface area contributed by atoms with Crippen LogP contribution in [0.1, 0.15) is 24.1 Å². The van der Waals surface area contributed by atoms with Gasteiger partial charge < -0.3 is 5.32 Å². The maximum absolute atomic E-state index is 11.2. The Morgan fingerprint density at radius 2 is 1.95 bits per heavy atom. The molecule has 2 aromatic rings. The van der Waals surface area contributed by atoms with Gasteiger partial charge in [-0.05, 0) is 24.6 Å². The first-order valence-electron chi connectivity index (χ1n) is 6.83. The van der Waals surface area contributed by atoms with Crippen LogP contribution in [0.3, 0.4) is 0 Å². The molecule has 2 rings (SSSR count). The van der Waals surface area contributed by atoms with Crippen molar-refractivity contribution in [2.45, 2.75) is 19.4 Å². The summed E-state index contributed by atoms with van der Waals surface area (Å²) >= 11 is 3.29. The first-order chi connectivity index (χ1) is 10.1. The third-order valence-corrected chi connectivity index (χ3v) is 3.81. The number of rotatable bonds is 6. The van der Waals surface area contributed by atoms with Crippen LogP contribution in [-0.4, -0.2) is 11.5 Å². The Labute approximate surface area is 132 Å². The first-order valence-corrected chi connectivity index (χ1v) is 7.62. The van der Waals surface area contributed by atoms with Crippen molar-refractivity contribution in [2.24, 2.45) is 0 Å². The minimum absolute atomic E-state index is 0.0658. The van der Waals surface area contributed by atoms with E-state index in [1.165, 1.54) is 0 Å². The number of hydrogen-bond acceptors (Lipinski definition) is 3. The van der Waals surface area contributed by atoms with Crippen molar-refractivity contribution in [3.63, 3.8) is 0 Å². The molecule has 2 aromatic carbocycles. The van der Waals surface area contributed by atoms with Crippen molar-refractivity contribution in [3.8, 4) is 0 Å². The van der Waals surface area contributed by atoms with Gasteiger partial charge in [-0.1, -0.05) is 59.3 Å². The molecular formula is C16H17BrN2O2. The molecule has 110 valence electrons. The van der Waals surface area contributed by atoms with Crippen molar-refractivity contribution < 1.29 is 4.92 Å². The van der Waals surface area contributed by atoms with Crippen LogP contribution >= 0.6 is 15.9 Å². The molecule has 0 aliphatic heterocycles. The van der Waals surface area contributed by atoms with Crippen molar-refractivity contribution in [2.75, 3.05) is 6.54 Å². The van der Waals surface area contributed by atoms with E-state index in [4.69, 9.17) is 0 Å². The molecule has 0 heterocycles. The predicted octanol–water partition coefficient (Wildman–Crippen LogP) is 4.25. The van der Waals surface area contributed by atoms with Crippen LogP contribution in [0.15, 0.2) is 53.0 Å². The smallest absolute Gasteiger partial charge is 0.273 e. The third-order valence-electron chi connectivity index (χ3n) is 3.32. The Morgan fingerprint density at radius 1 is 1.24 bits per heavy atom. The summed E-state index contributed by atoms with van der Waals surface area (Å²) in [4.78, 5) is 10.9. The Hall–Kier alpha value is -1.72. The zero-order chi connectivity index (χ0) is 15.2. The number of halogens is 1. The second-order valence-electron chi connectivity index (χ2n) is 4.76. The molecule has 21 heavy (non-hydrogen) atoms. The zero-order valence-electron chi connectivity index (χ0n) is 11.8. The minimum atomic E-state index is -0.325. The molecule has 0 aliphatic rings. The number of likely N-dealkylation sites (N-methyl/N-ethyl adjacent to an activating group) is 1. The van der Waals surface area contributed by atoms with Crippen LogP contribution in [0.5, 0.6) is 0 Å². The lowest BCUT2D eigenvalue weighted by Crippen LogP contribution is -2.23. The summed E-state index contributed by atoms with van der Waals surface area (Å²) in [6.45, 7) is 2.84. The van der Waals surface area contributed by atoms with Crippen LogP contribution in [0.4, 0.5) is 5.69 Å². The van der Waals surface area contributed by atoms with Crippen molar-refractivity contribution >= 4 is 21.6 Å². The van der Waals surface area contributed by atoms with E-state index in [-0.39, 0.29) is 16.7 Å². The Bertz CT molecular complexity index is 617. The van der Waals surface area contributed by atoms with Gasteiger partial charge in [0.15, 0.2) is 0 Å². The van der Waals surface area contributed by atoms with Crippen molar-refractivity contribution in [1.82, 2.24) is 5.32 Å². The maximum Gasteiger partial charge on any atom is 0.273 e. The summed E-state index contributed by atoms with van der Waals surface area (Å²) in [5, 5.41) is 14.6. The predicted molar refractivity (Wildman–Crippen MR) is 87.4 cm³/mol. The molecule has 0 spiro atoms. The molecule has 0 amide bonds. The molecule has 1 atom stereocenters. The number of nitrogens with zero attached hydrogens (tertiary/aromatic N) is 1. The quantitative estimate of drug-likeness (QED) is 0.627. The van der Waals surface area contributed by atoms with E-state index in [9.17, 15) is 10.1 Å². The number of nitro benzene ring substituents is 1. The molecule has 0 radical (unpaired) electrons. The molecule has 0 saturated carbocycles. The normalized spacial score (nSPS) is 12.1. The summed E-state index contributed by atoms with van der Waals surface area (Å²) in [7, 11) is 0. The largest absolute Gasteiger partial charge is 0.310 e. The molecule has 4 nitrogen and oxygen atoms in total. The van der Waals surface area contributed by atoms with Gasteiger partial charge in [-0.2, -0.15) is 0 Å². The van der Waals surface area contributed by atoms with E-state index in [0.717, 1.165) is 22.1 Å². The third kappa shape index (κ3) is 4.12. The van der Waals surface area contributed by atoms with Gasteiger partial charge in [0, 0.05) is 22.1 Å². The lowest BCUT2D eigenvalue weighted by molar-refractivity contribution is -0.385. The van der Waals surface area contributed by atoms with E-state index < -0.39 is 0 Å². The Kier molecular flexibility index (Phi) is 5.47. The molecule has 0 saturated heterocycles. The van der Waals surface area contributed by atoms with Crippen molar-refractivity contribution in [3.05, 3.63) is 74.2 Å². The molecule has 0 bridgehead atoms. The standard InChI is InChI=1S/C16H17BrN2O2/c1-2-18-15(12-6-4-3-5-7-12)10-13-8-9-14(17)11-16(13)19(20)21/h3-9,11,15,18H,2,10H2,1H3. The molecule has 1 unspecified atom stereocenters. The number of benzene rings is 2. The fraction of sp³-hybridized carbons (Fsp3) is 0.250. The molecule has 0 aliphatic carbocycles. The van der Waals surface area contributed by atoms with Crippen LogP contribution in [-0.2, 0) is 6.42 Å². The summed E-state index contributed by atoms with van der Waals surface area (Å²) in [6, 6.07) is 15.3. The average Bonchev–Trinajstić information content (AvgIpc) is 2.49. The van der Waals surface area contributed by atoms with Crippen molar-refractivity contribution in [1.29, 1.82) is 0 Å².